The largest absolute Gasteiger partial charge is 0.342 e. The molecule has 1 aliphatic heterocycles. The van der Waals surface area contributed by atoms with E-state index in [0.717, 1.165) is 29.7 Å². The summed E-state index contributed by atoms with van der Waals surface area (Å²) in [6.45, 7) is 1.39. The second-order valence-corrected chi connectivity index (χ2v) is 7.18. The molecule has 1 amide bonds. The summed E-state index contributed by atoms with van der Waals surface area (Å²) in [7, 11) is 0. The molecule has 7 heteroatoms. The topological polar surface area (TPSA) is 64.2 Å². The normalized spacial score (nSPS) is 14.5. The number of halogens is 2. The summed E-state index contributed by atoms with van der Waals surface area (Å²) in [4.78, 5) is 14.7. The molecule has 29 heavy (non-hydrogen) atoms. The maximum atomic E-state index is 13.4. The van der Waals surface area contributed by atoms with Crippen LogP contribution in [0.1, 0.15) is 18.4 Å². The number of hydrogen-bond donors (Lipinski definition) is 1. The van der Waals surface area contributed by atoms with Gasteiger partial charge in [0.15, 0.2) is 0 Å². The molecule has 1 aliphatic rings. The van der Waals surface area contributed by atoms with E-state index in [1.165, 1.54) is 12.1 Å². The molecule has 0 unspecified atom stereocenters. The molecule has 3 aromatic rings. The fourth-order valence-electron chi connectivity index (χ4n) is 3.53. The maximum absolute atomic E-state index is 13.4. The standard InChI is InChI=1S/C22H23FN4O.ClH/c23-18-8-6-16(7-9-18)22-17(14-21(28)26-12-10-19(24)11-13-26)15-27(25-22)20-4-2-1-3-5-20;/h1-9,15,19H,10-14,24H2;1H. The van der Waals surface area contributed by atoms with Gasteiger partial charge >= 0.3 is 0 Å². The third kappa shape index (κ3) is 4.83. The highest BCUT2D eigenvalue weighted by molar-refractivity contribution is 5.85. The van der Waals surface area contributed by atoms with Gasteiger partial charge in [-0.15, -0.1) is 12.4 Å². The predicted molar refractivity (Wildman–Crippen MR) is 114 cm³/mol. The molecule has 2 aromatic carbocycles. The molecule has 0 aliphatic carbocycles. The van der Waals surface area contributed by atoms with Gasteiger partial charge in [-0.1, -0.05) is 18.2 Å². The Morgan fingerprint density at radius 3 is 2.38 bits per heavy atom. The van der Waals surface area contributed by atoms with Crippen LogP contribution in [-0.4, -0.2) is 39.7 Å². The molecule has 0 atom stereocenters. The number of rotatable bonds is 4. The first-order valence-electron chi connectivity index (χ1n) is 9.53. The zero-order valence-corrected chi connectivity index (χ0v) is 16.8. The lowest BCUT2D eigenvalue weighted by molar-refractivity contribution is -0.131. The lowest BCUT2D eigenvalue weighted by atomic mass is 10.0. The Kier molecular flexibility index (Phi) is 6.67. The number of nitrogens with zero attached hydrogens (tertiary/aromatic N) is 3. The maximum Gasteiger partial charge on any atom is 0.227 e. The first kappa shape index (κ1) is 21.0. The highest BCUT2D eigenvalue weighted by Crippen LogP contribution is 2.25. The summed E-state index contributed by atoms with van der Waals surface area (Å²) in [5, 5.41) is 4.69. The predicted octanol–water partition coefficient (Wildman–Crippen LogP) is 3.59. The van der Waals surface area contributed by atoms with Crippen LogP contribution in [0.3, 0.4) is 0 Å². The van der Waals surface area contributed by atoms with Gasteiger partial charge in [0, 0.05) is 36.5 Å². The van der Waals surface area contributed by atoms with Gasteiger partial charge in [-0.05, 0) is 49.2 Å². The van der Waals surface area contributed by atoms with Crippen molar-refractivity contribution in [1.82, 2.24) is 14.7 Å². The van der Waals surface area contributed by atoms with E-state index in [1.807, 2.05) is 41.4 Å². The van der Waals surface area contributed by atoms with E-state index < -0.39 is 0 Å². The van der Waals surface area contributed by atoms with Crippen LogP contribution in [0.25, 0.3) is 16.9 Å². The molecule has 4 rings (SSSR count). The van der Waals surface area contributed by atoms with Crippen molar-refractivity contribution in [2.24, 2.45) is 5.73 Å². The molecule has 0 spiro atoms. The summed E-state index contributed by atoms with van der Waals surface area (Å²) in [5.41, 5.74) is 9.18. The Labute approximate surface area is 175 Å². The quantitative estimate of drug-likeness (QED) is 0.709. The second-order valence-electron chi connectivity index (χ2n) is 7.18. The van der Waals surface area contributed by atoms with Crippen molar-refractivity contribution < 1.29 is 9.18 Å². The van der Waals surface area contributed by atoms with Gasteiger partial charge in [0.2, 0.25) is 5.91 Å². The van der Waals surface area contributed by atoms with E-state index in [4.69, 9.17) is 10.8 Å². The summed E-state index contributed by atoms with van der Waals surface area (Å²) in [6.07, 6.45) is 3.82. The Morgan fingerprint density at radius 1 is 1.07 bits per heavy atom. The Bertz CT molecular complexity index is 951. The summed E-state index contributed by atoms with van der Waals surface area (Å²) in [5.74, 6) is -0.226. The molecule has 1 aromatic heterocycles. The van der Waals surface area contributed by atoms with E-state index in [1.54, 1.807) is 16.8 Å². The first-order chi connectivity index (χ1) is 13.6. The minimum Gasteiger partial charge on any atom is -0.342 e. The highest BCUT2D eigenvalue weighted by Gasteiger charge is 2.23. The van der Waals surface area contributed by atoms with Crippen LogP contribution in [0, 0.1) is 5.82 Å². The molecule has 0 saturated carbocycles. The number of carbonyl (C=O) groups excluding carboxylic acids is 1. The lowest BCUT2D eigenvalue weighted by Gasteiger charge is -2.30. The van der Waals surface area contributed by atoms with Crippen LogP contribution in [0.15, 0.2) is 60.8 Å². The van der Waals surface area contributed by atoms with E-state index >= 15 is 0 Å². The van der Waals surface area contributed by atoms with E-state index in [2.05, 4.69) is 0 Å². The van der Waals surface area contributed by atoms with Crippen LogP contribution in [0.5, 0.6) is 0 Å². The highest BCUT2D eigenvalue weighted by atomic mass is 35.5. The van der Waals surface area contributed by atoms with Crippen LogP contribution >= 0.6 is 12.4 Å². The monoisotopic (exact) mass is 414 g/mol. The Balaban J connectivity index is 0.00000240. The molecule has 1 fully saturated rings. The number of amides is 1. The van der Waals surface area contributed by atoms with Crippen LogP contribution in [-0.2, 0) is 11.2 Å². The minimum atomic E-state index is -0.298. The summed E-state index contributed by atoms with van der Waals surface area (Å²) < 4.78 is 15.1. The number of benzene rings is 2. The van der Waals surface area contributed by atoms with Gasteiger partial charge in [0.25, 0.3) is 0 Å². The van der Waals surface area contributed by atoms with Crippen molar-refractivity contribution in [3.8, 4) is 16.9 Å². The number of carbonyl (C=O) groups is 1. The zero-order chi connectivity index (χ0) is 19.5. The van der Waals surface area contributed by atoms with Crippen molar-refractivity contribution in [2.75, 3.05) is 13.1 Å². The van der Waals surface area contributed by atoms with E-state index in [9.17, 15) is 9.18 Å². The van der Waals surface area contributed by atoms with Crippen LogP contribution < -0.4 is 5.73 Å². The first-order valence-corrected chi connectivity index (χ1v) is 9.53. The number of hydrogen-bond acceptors (Lipinski definition) is 3. The summed E-state index contributed by atoms with van der Waals surface area (Å²) >= 11 is 0. The number of nitrogens with two attached hydrogens (primary N) is 1. The third-order valence-corrected chi connectivity index (χ3v) is 5.16. The molecule has 2 N–H and O–H groups in total. The molecule has 5 nitrogen and oxygen atoms in total. The van der Waals surface area contributed by atoms with Crippen molar-refractivity contribution in [2.45, 2.75) is 25.3 Å². The van der Waals surface area contributed by atoms with Crippen molar-refractivity contribution in [3.05, 3.63) is 72.2 Å². The number of para-hydroxylation sites is 1. The lowest BCUT2D eigenvalue weighted by Crippen LogP contribution is -2.43. The average molecular weight is 415 g/mol. The third-order valence-electron chi connectivity index (χ3n) is 5.16. The van der Waals surface area contributed by atoms with Crippen LogP contribution in [0.4, 0.5) is 4.39 Å². The molecule has 2 heterocycles. The van der Waals surface area contributed by atoms with Gasteiger partial charge in [-0.25, -0.2) is 9.07 Å². The van der Waals surface area contributed by atoms with Gasteiger partial charge in [-0.2, -0.15) is 5.10 Å². The van der Waals surface area contributed by atoms with Gasteiger partial charge in [0.05, 0.1) is 17.8 Å². The van der Waals surface area contributed by atoms with Gasteiger partial charge in [0.1, 0.15) is 5.82 Å². The molecule has 0 radical (unpaired) electrons. The average Bonchev–Trinajstić information content (AvgIpc) is 3.13. The molecule has 1 saturated heterocycles. The number of likely N-dealkylation sites (tertiary alicyclic amines) is 1. The van der Waals surface area contributed by atoms with Crippen LogP contribution in [0.2, 0.25) is 0 Å². The molecular weight excluding hydrogens is 391 g/mol. The SMILES string of the molecule is Cl.NC1CCN(C(=O)Cc2cn(-c3ccccc3)nc2-c2ccc(F)cc2)CC1. The van der Waals surface area contributed by atoms with Crippen molar-refractivity contribution in [3.63, 3.8) is 0 Å². The smallest absolute Gasteiger partial charge is 0.227 e. The van der Waals surface area contributed by atoms with E-state index in [-0.39, 0.29) is 36.6 Å². The zero-order valence-electron chi connectivity index (χ0n) is 16.0. The molecule has 152 valence electrons. The Hall–Kier alpha value is -2.70. The van der Waals surface area contributed by atoms with Crippen molar-refractivity contribution >= 4 is 18.3 Å². The Morgan fingerprint density at radius 2 is 1.72 bits per heavy atom. The fourth-order valence-corrected chi connectivity index (χ4v) is 3.53. The second kappa shape index (κ2) is 9.20. The minimum absolute atomic E-state index is 0. The number of aromatic nitrogens is 2. The van der Waals surface area contributed by atoms with E-state index in [0.29, 0.717) is 18.8 Å². The fraction of sp³-hybridized carbons (Fsp3) is 0.273. The summed E-state index contributed by atoms with van der Waals surface area (Å²) in [6, 6.07) is 16.1. The van der Waals surface area contributed by atoms with Gasteiger partial charge in [-0.3, -0.25) is 4.79 Å². The number of piperidine rings is 1. The van der Waals surface area contributed by atoms with Gasteiger partial charge < -0.3 is 10.6 Å². The molecule has 0 bridgehead atoms. The van der Waals surface area contributed by atoms with Crippen molar-refractivity contribution in [1.29, 1.82) is 0 Å². The molecular formula is C22H24ClFN4O.